The third-order valence-corrected chi connectivity index (χ3v) is 4.09. The van der Waals surface area contributed by atoms with Gasteiger partial charge in [-0.25, -0.2) is 0 Å². The minimum absolute atomic E-state index is 0.0876. The highest BCUT2D eigenvalue weighted by molar-refractivity contribution is 5.95. The van der Waals surface area contributed by atoms with Crippen LogP contribution >= 0.6 is 0 Å². The lowest BCUT2D eigenvalue weighted by atomic mass is 10.2. The normalized spacial score (nSPS) is 10.3. The number of ether oxygens (including phenoxy) is 2. The summed E-state index contributed by atoms with van der Waals surface area (Å²) < 4.78 is 10.5. The van der Waals surface area contributed by atoms with Gasteiger partial charge in [0.05, 0.1) is 13.2 Å². The topological polar surface area (TPSA) is 88.7 Å². The molecule has 0 unspecified atom stereocenters. The maximum absolute atomic E-state index is 12.2. The first-order valence-electron chi connectivity index (χ1n) is 9.76. The minimum Gasteiger partial charge on any atom is -0.491 e. The number of amides is 2. The smallest absolute Gasteiger partial charge is 0.251 e. The minimum atomic E-state index is -0.180. The molecule has 3 N–H and O–H groups in total. The second-order valence-electron chi connectivity index (χ2n) is 6.46. The summed E-state index contributed by atoms with van der Waals surface area (Å²) in [6, 6.07) is 14.2. The van der Waals surface area contributed by atoms with Gasteiger partial charge >= 0.3 is 0 Å². The van der Waals surface area contributed by atoms with Crippen molar-refractivity contribution in [3.8, 4) is 5.75 Å². The Labute approximate surface area is 171 Å². The average Bonchev–Trinajstić information content (AvgIpc) is 2.73. The second kappa shape index (κ2) is 12.4. The molecule has 156 valence electrons. The summed E-state index contributed by atoms with van der Waals surface area (Å²) in [5, 5.41) is 8.75. The van der Waals surface area contributed by atoms with E-state index in [0.29, 0.717) is 36.8 Å². The van der Waals surface area contributed by atoms with Gasteiger partial charge in [-0.15, -0.1) is 0 Å². The molecule has 29 heavy (non-hydrogen) atoms. The lowest BCUT2D eigenvalue weighted by Crippen LogP contribution is -2.24. The molecule has 7 nitrogen and oxygen atoms in total. The average molecular weight is 399 g/mol. The van der Waals surface area contributed by atoms with Gasteiger partial charge in [0, 0.05) is 36.7 Å². The van der Waals surface area contributed by atoms with Gasteiger partial charge in [-0.2, -0.15) is 0 Å². The first-order valence-corrected chi connectivity index (χ1v) is 9.76. The standard InChI is InChI=1S/C22H29N3O4/c1-3-4-12-23-22(27)17-8-10-18(11-9-17)24-16-21(26)25-19-6-5-7-20(15-19)29-14-13-28-2/h5-11,15,24H,3-4,12-14,16H2,1-2H3,(H,23,27)(H,25,26). The lowest BCUT2D eigenvalue weighted by Gasteiger charge is -2.10. The number of rotatable bonds is 12. The van der Waals surface area contributed by atoms with Crippen LogP contribution in [0.1, 0.15) is 30.1 Å². The zero-order valence-corrected chi connectivity index (χ0v) is 17.0. The summed E-state index contributed by atoms with van der Waals surface area (Å²) in [6.45, 7) is 3.81. The van der Waals surface area contributed by atoms with Crippen LogP contribution in [0.25, 0.3) is 0 Å². The van der Waals surface area contributed by atoms with Crippen molar-refractivity contribution < 1.29 is 19.1 Å². The van der Waals surface area contributed by atoms with Crippen LogP contribution in [0.15, 0.2) is 48.5 Å². The highest BCUT2D eigenvalue weighted by atomic mass is 16.5. The van der Waals surface area contributed by atoms with Crippen LogP contribution in [-0.4, -0.2) is 45.2 Å². The number of hydrogen-bond donors (Lipinski definition) is 3. The number of carbonyl (C=O) groups excluding carboxylic acids is 2. The van der Waals surface area contributed by atoms with E-state index in [9.17, 15) is 9.59 Å². The summed E-state index contributed by atoms with van der Waals surface area (Å²) in [5.74, 6) is 0.399. The van der Waals surface area contributed by atoms with E-state index in [1.807, 2.05) is 12.1 Å². The molecule has 0 heterocycles. The molecule has 2 aromatic rings. The fourth-order valence-corrected chi connectivity index (χ4v) is 2.51. The quantitative estimate of drug-likeness (QED) is 0.477. The van der Waals surface area contributed by atoms with E-state index in [1.54, 1.807) is 43.5 Å². The predicted molar refractivity (Wildman–Crippen MR) is 115 cm³/mol. The number of hydrogen-bond acceptors (Lipinski definition) is 5. The maximum Gasteiger partial charge on any atom is 0.251 e. The van der Waals surface area contributed by atoms with E-state index in [4.69, 9.17) is 9.47 Å². The Balaban J connectivity index is 1.79. The van der Waals surface area contributed by atoms with Crippen LogP contribution < -0.4 is 20.7 Å². The fourth-order valence-electron chi connectivity index (χ4n) is 2.51. The Bertz CT molecular complexity index is 778. The molecule has 0 bridgehead atoms. The van der Waals surface area contributed by atoms with Crippen LogP contribution in [0.2, 0.25) is 0 Å². The van der Waals surface area contributed by atoms with Crippen LogP contribution in [0, 0.1) is 0 Å². The van der Waals surface area contributed by atoms with Crippen molar-refractivity contribution in [2.45, 2.75) is 19.8 Å². The van der Waals surface area contributed by atoms with Crippen molar-refractivity contribution in [1.82, 2.24) is 5.32 Å². The van der Waals surface area contributed by atoms with Crippen molar-refractivity contribution >= 4 is 23.2 Å². The van der Waals surface area contributed by atoms with Crippen molar-refractivity contribution in [3.05, 3.63) is 54.1 Å². The van der Waals surface area contributed by atoms with Crippen LogP contribution in [0.5, 0.6) is 5.75 Å². The molecule has 0 spiro atoms. The van der Waals surface area contributed by atoms with E-state index in [0.717, 1.165) is 18.5 Å². The molecule has 2 aromatic carbocycles. The molecule has 0 saturated heterocycles. The van der Waals surface area contributed by atoms with Gasteiger partial charge in [-0.1, -0.05) is 19.4 Å². The van der Waals surface area contributed by atoms with Crippen LogP contribution in [0.3, 0.4) is 0 Å². The first kappa shape index (κ1) is 22.2. The third-order valence-electron chi connectivity index (χ3n) is 4.09. The summed E-state index contributed by atoms with van der Waals surface area (Å²) in [6.07, 6.45) is 2.00. The predicted octanol–water partition coefficient (Wildman–Crippen LogP) is 3.29. The zero-order valence-electron chi connectivity index (χ0n) is 17.0. The number of nitrogens with one attached hydrogen (secondary N) is 3. The maximum atomic E-state index is 12.2. The highest BCUT2D eigenvalue weighted by Gasteiger charge is 2.06. The molecule has 0 radical (unpaired) electrons. The first-order chi connectivity index (χ1) is 14.1. The van der Waals surface area contributed by atoms with E-state index in [1.165, 1.54) is 0 Å². The van der Waals surface area contributed by atoms with E-state index in [-0.39, 0.29) is 18.4 Å². The van der Waals surface area contributed by atoms with Gasteiger partial charge in [0.2, 0.25) is 5.91 Å². The molecule has 0 aliphatic rings. The number of anilines is 2. The Morgan fingerprint density at radius 3 is 2.52 bits per heavy atom. The number of methoxy groups -OCH3 is 1. The molecular formula is C22H29N3O4. The van der Waals surface area contributed by atoms with Gasteiger partial charge in [-0.05, 0) is 42.8 Å². The number of unbranched alkanes of at least 4 members (excludes halogenated alkanes) is 1. The zero-order chi connectivity index (χ0) is 20.9. The van der Waals surface area contributed by atoms with Crippen molar-refractivity contribution in [2.75, 3.05) is 44.0 Å². The number of carbonyl (C=O) groups is 2. The molecule has 0 aromatic heterocycles. The van der Waals surface area contributed by atoms with Gasteiger partial charge < -0.3 is 25.4 Å². The molecule has 2 rings (SSSR count). The van der Waals surface area contributed by atoms with Crippen LogP contribution in [-0.2, 0) is 9.53 Å². The molecule has 0 saturated carbocycles. The fraction of sp³-hybridized carbons (Fsp3) is 0.364. The molecule has 0 aliphatic carbocycles. The monoisotopic (exact) mass is 399 g/mol. The Morgan fingerprint density at radius 2 is 1.79 bits per heavy atom. The SMILES string of the molecule is CCCCNC(=O)c1ccc(NCC(=O)Nc2cccc(OCCOC)c2)cc1. The Kier molecular flexibility index (Phi) is 9.51. The van der Waals surface area contributed by atoms with Crippen molar-refractivity contribution in [3.63, 3.8) is 0 Å². The number of benzene rings is 2. The summed E-state index contributed by atoms with van der Waals surface area (Å²) >= 11 is 0. The molecular weight excluding hydrogens is 370 g/mol. The molecule has 0 fully saturated rings. The summed E-state index contributed by atoms with van der Waals surface area (Å²) in [7, 11) is 1.61. The third kappa shape index (κ3) is 8.23. The second-order valence-corrected chi connectivity index (χ2v) is 6.46. The molecule has 0 atom stereocenters. The lowest BCUT2D eigenvalue weighted by molar-refractivity contribution is -0.114. The Hall–Kier alpha value is -3.06. The van der Waals surface area contributed by atoms with Gasteiger partial charge in [0.15, 0.2) is 0 Å². The van der Waals surface area contributed by atoms with Crippen LogP contribution in [0.4, 0.5) is 11.4 Å². The van der Waals surface area contributed by atoms with Crippen molar-refractivity contribution in [1.29, 1.82) is 0 Å². The largest absolute Gasteiger partial charge is 0.491 e. The van der Waals surface area contributed by atoms with Gasteiger partial charge in [0.1, 0.15) is 12.4 Å². The van der Waals surface area contributed by atoms with E-state index < -0.39 is 0 Å². The molecule has 2 amide bonds. The van der Waals surface area contributed by atoms with E-state index >= 15 is 0 Å². The van der Waals surface area contributed by atoms with Gasteiger partial charge in [-0.3, -0.25) is 9.59 Å². The molecule has 0 aliphatic heterocycles. The van der Waals surface area contributed by atoms with E-state index in [2.05, 4.69) is 22.9 Å². The van der Waals surface area contributed by atoms with Crippen molar-refractivity contribution in [2.24, 2.45) is 0 Å². The van der Waals surface area contributed by atoms with Gasteiger partial charge in [0.25, 0.3) is 5.91 Å². The molecule has 7 heteroatoms. The Morgan fingerprint density at radius 1 is 1.00 bits per heavy atom. The summed E-state index contributed by atoms with van der Waals surface area (Å²) in [5.41, 5.74) is 2.02. The highest BCUT2D eigenvalue weighted by Crippen LogP contribution is 2.17. The summed E-state index contributed by atoms with van der Waals surface area (Å²) in [4.78, 5) is 24.2.